The first-order valence-corrected chi connectivity index (χ1v) is 8.95. The highest BCUT2D eigenvalue weighted by atomic mass is 15.2. The molecule has 1 saturated carbocycles. The van der Waals surface area contributed by atoms with Gasteiger partial charge in [-0.25, -0.2) is 4.98 Å². The molecule has 0 spiro atoms. The fourth-order valence-electron chi connectivity index (χ4n) is 4.83. The Hall–Kier alpha value is -0.870. The third-order valence-electron chi connectivity index (χ3n) is 6.05. The third-order valence-corrected chi connectivity index (χ3v) is 6.05. The van der Waals surface area contributed by atoms with Gasteiger partial charge in [-0.1, -0.05) is 0 Å². The number of aromatic nitrogens is 2. The number of imidazole rings is 1. The van der Waals surface area contributed by atoms with Crippen molar-refractivity contribution in [1.29, 1.82) is 0 Å². The highest BCUT2D eigenvalue weighted by Gasteiger charge is 2.38. The van der Waals surface area contributed by atoms with E-state index >= 15 is 0 Å². The fraction of sp³-hybridized carbons (Fsp3) is 0.824. The smallest absolute Gasteiger partial charge is 0.112 e. The minimum Gasteiger partial charge on any atom is -0.328 e. The van der Waals surface area contributed by atoms with E-state index in [1.54, 1.807) is 5.69 Å². The van der Waals surface area contributed by atoms with Crippen LogP contribution in [0, 0.1) is 0 Å². The summed E-state index contributed by atoms with van der Waals surface area (Å²) in [5.41, 5.74) is 2.93. The van der Waals surface area contributed by atoms with Gasteiger partial charge in [-0.3, -0.25) is 0 Å². The summed E-state index contributed by atoms with van der Waals surface area (Å²) in [6.45, 7) is 4.78. The van der Waals surface area contributed by atoms with Crippen LogP contribution in [0.4, 0.5) is 0 Å². The molecule has 0 amide bonds. The summed E-state index contributed by atoms with van der Waals surface area (Å²) in [5, 5.41) is 3.50. The number of fused-ring (bicyclic) bond motifs is 2. The lowest BCUT2D eigenvalue weighted by Crippen LogP contribution is -2.39. The Kier molecular flexibility index (Phi) is 2.90. The summed E-state index contributed by atoms with van der Waals surface area (Å²) in [6, 6.07) is 1.59. The lowest BCUT2D eigenvalue weighted by molar-refractivity contribution is 0.152. The van der Waals surface area contributed by atoms with Gasteiger partial charge in [-0.2, -0.15) is 0 Å². The molecule has 2 atom stereocenters. The van der Waals surface area contributed by atoms with Crippen LogP contribution < -0.4 is 5.32 Å². The van der Waals surface area contributed by atoms with E-state index in [9.17, 15) is 0 Å². The third kappa shape index (κ3) is 2.07. The van der Waals surface area contributed by atoms with Crippen molar-refractivity contribution < 1.29 is 0 Å². The van der Waals surface area contributed by atoms with Crippen LogP contribution in [0.2, 0.25) is 0 Å². The van der Waals surface area contributed by atoms with E-state index in [2.05, 4.69) is 14.8 Å². The molecular formula is C17H26N4. The van der Waals surface area contributed by atoms with E-state index in [1.807, 2.05) is 0 Å². The minimum atomic E-state index is 0.731. The zero-order valence-electron chi connectivity index (χ0n) is 12.9. The van der Waals surface area contributed by atoms with Crippen molar-refractivity contribution in [3.8, 4) is 0 Å². The quantitative estimate of drug-likeness (QED) is 0.905. The van der Waals surface area contributed by atoms with Crippen molar-refractivity contribution in [1.82, 2.24) is 19.8 Å². The lowest BCUT2D eigenvalue weighted by atomic mass is 9.96. The highest BCUT2D eigenvalue weighted by molar-refractivity contribution is 5.25. The first kappa shape index (κ1) is 12.7. The van der Waals surface area contributed by atoms with Crippen LogP contribution >= 0.6 is 0 Å². The maximum atomic E-state index is 5.06. The van der Waals surface area contributed by atoms with Crippen LogP contribution in [0.15, 0.2) is 0 Å². The number of nitrogens with one attached hydrogen (secondary N) is 1. The van der Waals surface area contributed by atoms with E-state index in [4.69, 9.17) is 4.98 Å². The Morgan fingerprint density at radius 3 is 2.90 bits per heavy atom. The summed E-state index contributed by atoms with van der Waals surface area (Å²) < 4.78 is 2.73. The van der Waals surface area contributed by atoms with E-state index in [1.165, 1.54) is 69.6 Å². The van der Waals surface area contributed by atoms with Gasteiger partial charge in [-0.15, -0.1) is 0 Å². The average molecular weight is 286 g/mol. The number of rotatable bonds is 2. The minimum absolute atomic E-state index is 0.731. The highest BCUT2D eigenvalue weighted by Crippen LogP contribution is 2.44. The first-order valence-electron chi connectivity index (χ1n) is 8.95. The zero-order chi connectivity index (χ0) is 13.8. The normalized spacial score (nSPS) is 33.0. The zero-order valence-corrected chi connectivity index (χ0v) is 12.9. The van der Waals surface area contributed by atoms with Gasteiger partial charge in [0.1, 0.15) is 5.82 Å². The molecule has 3 aliphatic heterocycles. The van der Waals surface area contributed by atoms with E-state index in [0.717, 1.165) is 31.1 Å². The topological polar surface area (TPSA) is 33.1 Å². The van der Waals surface area contributed by atoms with Gasteiger partial charge >= 0.3 is 0 Å². The van der Waals surface area contributed by atoms with Crippen molar-refractivity contribution in [2.45, 2.75) is 69.5 Å². The molecule has 3 fully saturated rings. The Bertz CT molecular complexity index is 545. The SMILES string of the molecule is C1CC2CC(n3c(C4CC4)nc4c3CCNC4)CCN2C1. The summed E-state index contributed by atoms with van der Waals surface area (Å²) in [4.78, 5) is 7.79. The molecule has 0 radical (unpaired) electrons. The van der Waals surface area contributed by atoms with Gasteiger partial charge in [0.05, 0.1) is 5.69 Å². The van der Waals surface area contributed by atoms with E-state index < -0.39 is 0 Å². The van der Waals surface area contributed by atoms with Crippen LogP contribution in [0.1, 0.15) is 67.7 Å². The largest absolute Gasteiger partial charge is 0.328 e. The maximum Gasteiger partial charge on any atom is 0.112 e. The molecule has 2 unspecified atom stereocenters. The summed E-state index contributed by atoms with van der Waals surface area (Å²) in [7, 11) is 0. The van der Waals surface area contributed by atoms with Gasteiger partial charge in [-0.05, 0) is 45.1 Å². The standard InChI is InChI=1S/C17H26N4/c1-2-13-10-14(6-9-20(13)8-1)21-16-5-7-18-11-15(16)19-17(21)12-3-4-12/h12-14,18H,1-11H2. The van der Waals surface area contributed by atoms with Gasteiger partial charge in [0.15, 0.2) is 0 Å². The molecule has 4 nitrogen and oxygen atoms in total. The monoisotopic (exact) mass is 286 g/mol. The number of nitrogens with zero attached hydrogens (tertiary/aromatic N) is 3. The van der Waals surface area contributed by atoms with Gasteiger partial charge in [0.25, 0.3) is 0 Å². The van der Waals surface area contributed by atoms with Crippen LogP contribution in [0.3, 0.4) is 0 Å². The fourth-order valence-corrected chi connectivity index (χ4v) is 4.83. The summed E-state index contributed by atoms with van der Waals surface area (Å²) in [6.07, 6.45) is 9.46. The second kappa shape index (κ2) is 4.82. The maximum absolute atomic E-state index is 5.06. The predicted molar refractivity (Wildman–Crippen MR) is 82.5 cm³/mol. The summed E-state index contributed by atoms with van der Waals surface area (Å²) >= 11 is 0. The molecule has 21 heavy (non-hydrogen) atoms. The lowest BCUT2D eigenvalue weighted by Gasteiger charge is -2.37. The molecule has 1 aliphatic carbocycles. The molecular weight excluding hydrogens is 260 g/mol. The molecule has 4 aliphatic rings. The van der Waals surface area contributed by atoms with Crippen molar-refractivity contribution in [2.75, 3.05) is 19.6 Å². The van der Waals surface area contributed by atoms with Crippen molar-refractivity contribution in [2.24, 2.45) is 0 Å². The Morgan fingerprint density at radius 2 is 2.00 bits per heavy atom. The van der Waals surface area contributed by atoms with E-state index in [0.29, 0.717) is 0 Å². The molecule has 1 N–H and O–H groups in total. The van der Waals surface area contributed by atoms with Crippen LogP contribution in [-0.2, 0) is 13.0 Å². The molecule has 4 heteroatoms. The molecule has 1 aromatic heterocycles. The molecule has 0 bridgehead atoms. The molecule has 5 rings (SSSR count). The van der Waals surface area contributed by atoms with Gasteiger partial charge < -0.3 is 14.8 Å². The Balaban J connectivity index is 1.51. The number of hydrogen-bond donors (Lipinski definition) is 1. The molecule has 0 aromatic carbocycles. The Labute approximate surface area is 126 Å². The van der Waals surface area contributed by atoms with Crippen molar-refractivity contribution in [3.63, 3.8) is 0 Å². The van der Waals surface area contributed by atoms with Crippen LogP contribution in [-0.4, -0.2) is 40.1 Å². The second-order valence-corrected chi connectivity index (χ2v) is 7.44. The van der Waals surface area contributed by atoms with Crippen molar-refractivity contribution >= 4 is 0 Å². The van der Waals surface area contributed by atoms with Crippen LogP contribution in [0.25, 0.3) is 0 Å². The summed E-state index contributed by atoms with van der Waals surface area (Å²) in [5.74, 6) is 2.22. The average Bonchev–Trinajstić information content (AvgIpc) is 3.13. The molecule has 1 aromatic rings. The Morgan fingerprint density at radius 1 is 1.05 bits per heavy atom. The number of hydrogen-bond acceptors (Lipinski definition) is 3. The molecule has 2 saturated heterocycles. The second-order valence-electron chi connectivity index (χ2n) is 7.44. The van der Waals surface area contributed by atoms with Gasteiger partial charge in [0.2, 0.25) is 0 Å². The number of piperidine rings is 1. The van der Waals surface area contributed by atoms with E-state index in [-0.39, 0.29) is 0 Å². The molecule has 114 valence electrons. The molecule has 4 heterocycles. The first-order chi connectivity index (χ1) is 10.4. The van der Waals surface area contributed by atoms with Gasteiger partial charge in [0, 0.05) is 49.8 Å². The van der Waals surface area contributed by atoms with Crippen LogP contribution in [0.5, 0.6) is 0 Å². The van der Waals surface area contributed by atoms with Crippen molar-refractivity contribution in [3.05, 3.63) is 17.2 Å². The predicted octanol–water partition coefficient (Wildman–Crippen LogP) is 2.21.